The summed E-state index contributed by atoms with van der Waals surface area (Å²) < 4.78 is 0. The molecule has 7 aromatic rings. The second-order valence-corrected chi connectivity index (χ2v) is 13.0. The molecule has 0 atom stereocenters. The molecule has 1 spiro atoms. The Bertz CT molecular complexity index is 2310. The number of amidine groups is 2. The highest BCUT2D eigenvalue weighted by atomic mass is 15.2. The van der Waals surface area contributed by atoms with Crippen molar-refractivity contribution >= 4 is 28.7 Å². The van der Waals surface area contributed by atoms with E-state index in [1.807, 2.05) is 36.4 Å². The summed E-state index contributed by atoms with van der Waals surface area (Å²) >= 11 is 0. The smallest absolute Gasteiger partial charge is 0.169 e. The van der Waals surface area contributed by atoms with Gasteiger partial charge in [0.05, 0.1) is 16.8 Å². The summed E-state index contributed by atoms with van der Waals surface area (Å²) in [6.45, 7) is 0. The van der Waals surface area contributed by atoms with E-state index in [1.165, 1.54) is 44.8 Å². The topological polar surface area (TPSA) is 40.0 Å². The summed E-state index contributed by atoms with van der Waals surface area (Å²) in [6, 6.07) is 65.1. The number of nitrogens with one attached hydrogen (secondary N) is 1. The van der Waals surface area contributed by atoms with Crippen molar-refractivity contribution in [1.82, 2.24) is 5.32 Å². The number of hydrogen-bond donors (Lipinski definition) is 1. The first-order valence-electron chi connectivity index (χ1n) is 17.1. The number of nitrogens with zero attached hydrogens (tertiary/aromatic N) is 3. The van der Waals surface area contributed by atoms with E-state index in [9.17, 15) is 0 Å². The van der Waals surface area contributed by atoms with Crippen LogP contribution < -0.4 is 10.2 Å². The van der Waals surface area contributed by atoms with Gasteiger partial charge in [-0.1, -0.05) is 158 Å². The molecule has 0 radical (unpaired) electrons. The molecular weight excluding hydrogens is 609 g/mol. The Morgan fingerprint density at radius 2 is 0.840 bits per heavy atom. The second kappa shape index (κ2) is 11.3. The normalized spacial score (nSPS) is 15.2. The molecule has 236 valence electrons. The van der Waals surface area contributed by atoms with Crippen LogP contribution in [0.25, 0.3) is 11.1 Å². The van der Waals surface area contributed by atoms with E-state index in [-0.39, 0.29) is 6.17 Å². The van der Waals surface area contributed by atoms with E-state index < -0.39 is 5.41 Å². The molecule has 2 heterocycles. The van der Waals surface area contributed by atoms with E-state index in [2.05, 4.69) is 156 Å². The third-order valence-corrected chi connectivity index (χ3v) is 10.3. The fourth-order valence-corrected chi connectivity index (χ4v) is 8.22. The first kappa shape index (κ1) is 28.5. The first-order chi connectivity index (χ1) is 24.8. The standard InChI is InChI=1S/C46H32N4/c1-3-15-31(16-4-1)43-47-44(32-17-5-2-6-18-32)49-45(48-43)33-27-29-34(30-28-33)50-41-25-13-11-23-39(41)46(40-24-12-14-26-42(40)50)37-21-9-7-19-35(37)36-20-8-10-22-38(36)46/h1-30,45H,(H,47,48,49). The monoisotopic (exact) mass is 640 g/mol. The Morgan fingerprint density at radius 1 is 0.420 bits per heavy atom. The second-order valence-electron chi connectivity index (χ2n) is 13.0. The van der Waals surface area contributed by atoms with Crippen molar-refractivity contribution in [3.8, 4) is 11.1 Å². The Balaban J connectivity index is 1.11. The van der Waals surface area contributed by atoms with Gasteiger partial charge in [0.25, 0.3) is 0 Å². The molecule has 0 aromatic heterocycles. The number of anilines is 3. The van der Waals surface area contributed by atoms with Crippen LogP contribution in [0.4, 0.5) is 17.1 Å². The molecule has 7 aromatic carbocycles. The molecule has 0 amide bonds. The molecule has 0 saturated heterocycles. The van der Waals surface area contributed by atoms with Crippen LogP contribution in [0, 0.1) is 0 Å². The van der Waals surface area contributed by atoms with Crippen molar-refractivity contribution in [2.24, 2.45) is 9.98 Å². The van der Waals surface area contributed by atoms with Crippen LogP contribution >= 0.6 is 0 Å². The summed E-state index contributed by atoms with van der Waals surface area (Å²) in [6.07, 6.45) is -0.383. The molecule has 2 aliphatic heterocycles. The number of fused-ring (bicyclic) bond motifs is 9. The molecule has 3 aliphatic rings. The predicted octanol–water partition coefficient (Wildman–Crippen LogP) is 10.3. The average molecular weight is 641 g/mol. The molecule has 1 aliphatic carbocycles. The summed E-state index contributed by atoms with van der Waals surface area (Å²) in [5.41, 5.74) is 14.0. The number of para-hydroxylation sites is 2. The summed E-state index contributed by atoms with van der Waals surface area (Å²) in [4.78, 5) is 12.6. The van der Waals surface area contributed by atoms with Crippen molar-refractivity contribution in [3.63, 3.8) is 0 Å². The number of benzene rings is 7. The number of hydrogen-bond acceptors (Lipinski definition) is 4. The molecule has 1 N–H and O–H groups in total. The minimum Gasteiger partial charge on any atom is -0.324 e. The van der Waals surface area contributed by atoms with Crippen molar-refractivity contribution in [1.29, 1.82) is 0 Å². The largest absolute Gasteiger partial charge is 0.324 e. The summed E-state index contributed by atoms with van der Waals surface area (Å²) in [5, 5.41) is 3.50. The lowest BCUT2D eigenvalue weighted by Crippen LogP contribution is -2.36. The van der Waals surface area contributed by atoms with E-state index in [4.69, 9.17) is 9.98 Å². The minimum absolute atomic E-state index is 0.383. The molecule has 0 unspecified atom stereocenters. The number of rotatable bonds is 4. The SMILES string of the molecule is c1ccc(C2=NC(c3ccc(N4c5ccccc5C5(c6ccccc6-c6ccccc65)c5ccccc54)cc3)N=C(c3ccccc3)N2)cc1. The maximum Gasteiger partial charge on any atom is 0.169 e. The van der Waals surface area contributed by atoms with Gasteiger partial charge in [-0.3, -0.25) is 0 Å². The Kier molecular flexibility index (Phi) is 6.43. The zero-order valence-electron chi connectivity index (χ0n) is 27.2. The van der Waals surface area contributed by atoms with Gasteiger partial charge in [0.15, 0.2) is 6.17 Å². The maximum atomic E-state index is 5.11. The van der Waals surface area contributed by atoms with Gasteiger partial charge in [-0.15, -0.1) is 0 Å². The van der Waals surface area contributed by atoms with Crippen molar-refractivity contribution in [3.05, 3.63) is 221 Å². The van der Waals surface area contributed by atoms with Crippen LogP contribution in [0.3, 0.4) is 0 Å². The third-order valence-electron chi connectivity index (χ3n) is 10.3. The van der Waals surface area contributed by atoms with Gasteiger partial charge in [-0.05, 0) is 63.2 Å². The molecule has 0 saturated carbocycles. The van der Waals surface area contributed by atoms with Gasteiger partial charge >= 0.3 is 0 Å². The average Bonchev–Trinajstić information content (AvgIpc) is 3.49. The van der Waals surface area contributed by atoms with Gasteiger partial charge in [0.1, 0.15) is 11.7 Å². The molecule has 10 rings (SSSR count). The predicted molar refractivity (Wildman–Crippen MR) is 204 cm³/mol. The highest BCUT2D eigenvalue weighted by Gasteiger charge is 2.51. The Hall–Kier alpha value is -6.52. The van der Waals surface area contributed by atoms with Gasteiger partial charge in [0, 0.05) is 16.8 Å². The molecule has 4 heteroatoms. The van der Waals surface area contributed by atoms with E-state index >= 15 is 0 Å². The molecule has 0 bridgehead atoms. The van der Waals surface area contributed by atoms with Crippen molar-refractivity contribution in [2.75, 3.05) is 4.90 Å². The maximum absolute atomic E-state index is 5.11. The van der Waals surface area contributed by atoms with Crippen LogP contribution in [-0.4, -0.2) is 11.7 Å². The lowest BCUT2D eigenvalue weighted by Gasteiger charge is -2.45. The van der Waals surface area contributed by atoms with Gasteiger partial charge < -0.3 is 10.2 Å². The minimum atomic E-state index is -0.420. The fraction of sp³-hybridized carbons (Fsp3) is 0.0435. The molecule has 0 fully saturated rings. The van der Waals surface area contributed by atoms with Crippen LogP contribution in [0.1, 0.15) is 45.1 Å². The third kappa shape index (κ3) is 4.18. The Morgan fingerprint density at radius 3 is 1.34 bits per heavy atom. The number of aliphatic imine (C=N–C) groups is 2. The molecular formula is C46H32N4. The summed E-state index contributed by atoms with van der Waals surface area (Å²) in [5.74, 6) is 1.63. The van der Waals surface area contributed by atoms with Crippen LogP contribution in [0.15, 0.2) is 192 Å². The lowest BCUT2D eigenvalue weighted by molar-refractivity contribution is 0.750. The fourth-order valence-electron chi connectivity index (χ4n) is 8.22. The lowest BCUT2D eigenvalue weighted by atomic mass is 9.64. The molecule has 50 heavy (non-hydrogen) atoms. The van der Waals surface area contributed by atoms with Crippen LogP contribution in [0.2, 0.25) is 0 Å². The van der Waals surface area contributed by atoms with Gasteiger partial charge in [0.2, 0.25) is 0 Å². The highest BCUT2D eigenvalue weighted by Crippen LogP contribution is 2.63. The van der Waals surface area contributed by atoms with E-state index in [1.54, 1.807) is 0 Å². The van der Waals surface area contributed by atoms with Crippen LogP contribution in [0.5, 0.6) is 0 Å². The Labute approximate surface area is 291 Å². The van der Waals surface area contributed by atoms with Crippen molar-refractivity contribution in [2.45, 2.75) is 11.6 Å². The van der Waals surface area contributed by atoms with E-state index in [0.29, 0.717) is 0 Å². The summed E-state index contributed by atoms with van der Waals surface area (Å²) in [7, 11) is 0. The van der Waals surface area contributed by atoms with Crippen molar-refractivity contribution < 1.29 is 0 Å². The van der Waals surface area contributed by atoms with Gasteiger partial charge in [-0.2, -0.15) is 0 Å². The quantitative estimate of drug-likeness (QED) is 0.208. The van der Waals surface area contributed by atoms with Crippen LogP contribution in [-0.2, 0) is 5.41 Å². The van der Waals surface area contributed by atoms with Gasteiger partial charge in [-0.25, -0.2) is 9.98 Å². The van der Waals surface area contributed by atoms with E-state index in [0.717, 1.165) is 34.0 Å². The highest BCUT2D eigenvalue weighted by molar-refractivity contribution is 6.15. The zero-order valence-corrected chi connectivity index (χ0v) is 27.2. The molecule has 4 nitrogen and oxygen atoms in total. The zero-order chi connectivity index (χ0) is 33.1. The first-order valence-corrected chi connectivity index (χ1v) is 17.1.